The molecule has 43 heavy (non-hydrogen) atoms. The molecule has 0 bridgehead atoms. The van der Waals surface area contributed by atoms with Crippen LogP contribution in [0.5, 0.6) is 5.88 Å². The topological polar surface area (TPSA) is 161 Å². The van der Waals surface area contributed by atoms with Crippen molar-refractivity contribution in [3.63, 3.8) is 0 Å². The van der Waals surface area contributed by atoms with Crippen molar-refractivity contribution in [1.82, 2.24) is 19.4 Å². The number of esters is 1. The number of piperidine rings is 1. The number of likely N-dealkylation sites (tertiary alicyclic amines) is 1. The molecule has 0 unspecified atom stereocenters. The van der Waals surface area contributed by atoms with Gasteiger partial charge in [-0.2, -0.15) is 5.26 Å². The normalized spacial score (nSPS) is 13.0. The van der Waals surface area contributed by atoms with Crippen LogP contribution >= 0.6 is 0 Å². The van der Waals surface area contributed by atoms with Gasteiger partial charge in [-0.25, -0.2) is 9.36 Å². The van der Waals surface area contributed by atoms with E-state index >= 15 is 0 Å². The fourth-order valence-corrected chi connectivity index (χ4v) is 5.33. The molecule has 0 atom stereocenters. The van der Waals surface area contributed by atoms with Gasteiger partial charge in [0.15, 0.2) is 0 Å². The Morgan fingerprint density at radius 3 is 2.49 bits per heavy atom. The van der Waals surface area contributed by atoms with E-state index in [0.717, 1.165) is 15.7 Å². The van der Waals surface area contributed by atoms with E-state index in [1.807, 2.05) is 30.3 Å². The number of benzene rings is 2. The summed E-state index contributed by atoms with van der Waals surface area (Å²) in [4.78, 5) is 58.4. The largest absolute Gasteiger partial charge is 0.493 e. The van der Waals surface area contributed by atoms with Gasteiger partial charge in [0.2, 0.25) is 5.88 Å². The molecule has 2 aromatic carbocycles. The number of ether oxygens (including phenoxy) is 1. The summed E-state index contributed by atoms with van der Waals surface area (Å²) in [5.74, 6) is -2.39. The number of imidazole rings is 1. The number of ketones is 1. The number of nitrogens with one attached hydrogen (secondary N) is 2. The van der Waals surface area contributed by atoms with Gasteiger partial charge in [0, 0.05) is 24.7 Å². The van der Waals surface area contributed by atoms with Crippen LogP contribution in [0.3, 0.4) is 0 Å². The summed E-state index contributed by atoms with van der Waals surface area (Å²) in [5.41, 5.74) is 2.54. The number of hydrogen-bond donors (Lipinski definition) is 3. The van der Waals surface area contributed by atoms with Crippen LogP contribution in [0, 0.1) is 11.3 Å². The number of hydrogen-bond acceptors (Lipinski definition) is 7. The van der Waals surface area contributed by atoms with Gasteiger partial charge in [-0.15, -0.1) is 0 Å². The summed E-state index contributed by atoms with van der Waals surface area (Å²) in [7, 11) is 0. The van der Waals surface area contributed by atoms with Crippen molar-refractivity contribution in [3.05, 3.63) is 94.2 Å². The Morgan fingerprint density at radius 1 is 1.09 bits per heavy atom. The third-order valence-corrected chi connectivity index (χ3v) is 7.44. The van der Waals surface area contributed by atoms with Crippen molar-refractivity contribution in [2.75, 3.05) is 19.7 Å². The van der Waals surface area contributed by atoms with Gasteiger partial charge in [0.05, 0.1) is 41.4 Å². The van der Waals surface area contributed by atoms with Gasteiger partial charge < -0.3 is 24.7 Å². The standard InChI is InChI=1S/C32H29N5O6/c1-3-43-26(38)16-19(2)27-30(40)37(32(42)35-27)25-11-7-10-22-24(18-34-28(22)25)29(39)31(41)36-14-12-21(13-15-36)23(17-33)20-8-5-4-6-9-20/h4-11,18,34,40H,2-3,12-16H2,1H3,(H,35,42). The summed E-state index contributed by atoms with van der Waals surface area (Å²) in [6, 6.07) is 16.5. The number of aromatic amines is 2. The highest BCUT2D eigenvalue weighted by Gasteiger charge is 2.29. The van der Waals surface area contributed by atoms with Crippen molar-refractivity contribution in [2.45, 2.75) is 26.2 Å². The lowest BCUT2D eigenvalue weighted by atomic mass is 9.93. The second kappa shape index (κ2) is 12.1. The summed E-state index contributed by atoms with van der Waals surface area (Å²) in [6.07, 6.45) is 2.14. The number of Topliss-reactive ketones (excluding diaryl/α,β-unsaturated/α-hetero) is 1. The molecule has 2 aromatic heterocycles. The highest BCUT2D eigenvalue weighted by atomic mass is 16.5. The van der Waals surface area contributed by atoms with E-state index in [1.165, 1.54) is 11.1 Å². The first kappa shape index (κ1) is 28.9. The number of carbonyl (C=O) groups excluding carboxylic acids is 3. The first-order valence-electron chi connectivity index (χ1n) is 13.7. The minimum Gasteiger partial charge on any atom is -0.493 e. The number of H-pyrrole nitrogens is 2. The molecule has 1 fully saturated rings. The molecule has 5 rings (SSSR count). The van der Waals surface area contributed by atoms with Crippen molar-refractivity contribution in [1.29, 1.82) is 5.26 Å². The smallest absolute Gasteiger partial charge is 0.333 e. The van der Waals surface area contributed by atoms with E-state index in [1.54, 1.807) is 25.1 Å². The minimum absolute atomic E-state index is 0.0153. The summed E-state index contributed by atoms with van der Waals surface area (Å²) in [6.45, 7) is 6.24. The lowest BCUT2D eigenvalue weighted by molar-refractivity contribution is -0.141. The van der Waals surface area contributed by atoms with Crippen molar-refractivity contribution < 1.29 is 24.2 Å². The van der Waals surface area contributed by atoms with Gasteiger partial charge in [-0.1, -0.05) is 49.0 Å². The van der Waals surface area contributed by atoms with Crippen LogP contribution in [0.4, 0.5) is 0 Å². The first-order valence-corrected chi connectivity index (χ1v) is 13.7. The van der Waals surface area contributed by atoms with Gasteiger partial charge in [-0.3, -0.25) is 14.4 Å². The number of para-hydroxylation sites is 1. The molecule has 0 saturated carbocycles. The molecule has 3 heterocycles. The summed E-state index contributed by atoms with van der Waals surface area (Å²) >= 11 is 0. The molecule has 4 aromatic rings. The number of nitrogens with zero attached hydrogens (tertiary/aromatic N) is 3. The SMILES string of the molecule is C=C(CC(=O)OCC)c1[nH]c(=O)n(-c2cccc3c(C(=O)C(=O)N4CCC(=C(C#N)c5ccccc5)CC4)c[nH]c23)c1O. The zero-order valence-corrected chi connectivity index (χ0v) is 23.5. The maximum atomic E-state index is 13.4. The number of rotatable bonds is 8. The minimum atomic E-state index is -0.714. The number of amides is 1. The Kier molecular flexibility index (Phi) is 8.11. The van der Waals surface area contributed by atoms with E-state index in [2.05, 4.69) is 22.6 Å². The average molecular weight is 580 g/mol. The molecular formula is C32H29N5O6. The lowest BCUT2D eigenvalue weighted by Crippen LogP contribution is -2.40. The van der Waals surface area contributed by atoms with E-state index in [9.17, 15) is 29.5 Å². The van der Waals surface area contributed by atoms with E-state index in [4.69, 9.17) is 4.74 Å². The predicted molar refractivity (Wildman–Crippen MR) is 159 cm³/mol. The summed E-state index contributed by atoms with van der Waals surface area (Å²) in [5, 5.41) is 21.0. The molecule has 1 aliphatic heterocycles. The summed E-state index contributed by atoms with van der Waals surface area (Å²) < 4.78 is 5.92. The second-order valence-electron chi connectivity index (χ2n) is 10.0. The number of aromatic hydroxyl groups is 1. The van der Waals surface area contributed by atoms with Gasteiger partial charge in [0.25, 0.3) is 11.7 Å². The number of allylic oxidation sites excluding steroid dienone is 1. The highest BCUT2D eigenvalue weighted by Crippen LogP contribution is 2.31. The van der Waals surface area contributed by atoms with Crippen LogP contribution in [0.1, 0.15) is 47.8 Å². The molecule has 1 amide bonds. The van der Waals surface area contributed by atoms with Crippen molar-refractivity contribution in [3.8, 4) is 17.6 Å². The molecule has 1 saturated heterocycles. The molecule has 218 valence electrons. The zero-order chi connectivity index (χ0) is 30.7. The lowest BCUT2D eigenvalue weighted by Gasteiger charge is -2.28. The molecule has 0 spiro atoms. The predicted octanol–water partition coefficient (Wildman–Crippen LogP) is 4.10. The van der Waals surface area contributed by atoms with E-state index in [-0.39, 0.29) is 35.5 Å². The zero-order valence-electron chi connectivity index (χ0n) is 23.5. The molecule has 11 heteroatoms. The molecule has 1 aliphatic rings. The van der Waals surface area contributed by atoms with Gasteiger partial charge in [-0.05, 0) is 42.5 Å². The quantitative estimate of drug-likeness (QED) is 0.123. The average Bonchev–Trinajstić information content (AvgIpc) is 3.58. The first-order chi connectivity index (χ1) is 20.7. The Bertz CT molecular complexity index is 1880. The molecular weight excluding hydrogens is 550 g/mol. The maximum absolute atomic E-state index is 13.4. The van der Waals surface area contributed by atoms with Gasteiger partial charge in [0.1, 0.15) is 5.69 Å². The molecule has 0 radical (unpaired) electrons. The Morgan fingerprint density at radius 2 is 1.81 bits per heavy atom. The second-order valence-corrected chi connectivity index (χ2v) is 10.0. The monoisotopic (exact) mass is 579 g/mol. The van der Waals surface area contributed by atoms with E-state index < -0.39 is 29.2 Å². The number of fused-ring (bicyclic) bond motifs is 1. The Balaban J connectivity index is 1.38. The van der Waals surface area contributed by atoms with Crippen LogP contribution < -0.4 is 5.69 Å². The Labute approximate surface area is 246 Å². The maximum Gasteiger partial charge on any atom is 0.333 e. The van der Waals surface area contributed by atoms with Crippen LogP contribution in [0.2, 0.25) is 0 Å². The van der Waals surface area contributed by atoms with Crippen LogP contribution in [-0.4, -0.2) is 61.9 Å². The molecule has 11 nitrogen and oxygen atoms in total. The highest BCUT2D eigenvalue weighted by molar-refractivity contribution is 6.45. The van der Waals surface area contributed by atoms with E-state index in [0.29, 0.717) is 42.4 Å². The van der Waals surface area contributed by atoms with Gasteiger partial charge >= 0.3 is 11.7 Å². The third-order valence-electron chi connectivity index (χ3n) is 7.44. The number of nitriles is 1. The van der Waals surface area contributed by atoms with Crippen molar-refractivity contribution in [2.24, 2.45) is 0 Å². The third kappa shape index (κ3) is 5.50. The molecule has 0 aliphatic carbocycles. The molecule has 3 N–H and O–H groups in total. The van der Waals surface area contributed by atoms with Crippen molar-refractivity contribution >= 4 is 39.7 Å². The number of carbonyl (C=O) groups is 3. The number of aromatic nitrogens is 3. The fraction of sp³-hybridized carbons (Fsp3) is 0.219. The fourth-order valence-electron chi connectivity index (χ4n) is 5.33. The van der Waals surface area contributed by atoms with Crippen LogP contribution in [0.25, 0.3) is 27.7 Å². The van der Waals surface area contributed by atoms with Crippen LogP contribution in [-0.2, 0) is 14.3 Å². The van der Waals surface area contributed by atoms with Crippen LogP contribution in [0.15, 0.2) is 71.7 Å². The Hall–Kier alpha value is -5.63.